The fourth-order valence-corrected chi connectivity index (χ4v) is 2.47. The summed E-state index contributed by atoms with van der Waals surface area (Å²) in [6.07, 6.45) is 1.45. The van der Waals surface area contributed by atoms with Gasteiger partial charge in [-0.3, -0.25) is 4.79 Å². The maximum absolute atomic E-state index is 11.4. The van der Waals surface area contributed by atoms with Crippen LogP contribution in [0.5, 0.6) is 0 Å². The zero-order valence-corrected chi connectivity index (χ0v) is 11.2. The van der Waals surface area contributed by atoms with Gasteiger partial charge in [0.25, 0.3) is 0 Å². The van der Waals surface area contributed by atoms with Gasteiger partial charge in [-0.2, -0.15) is 0 Å². The number of benzene rings is 1. The minimum absolute atomic E-state index is 0.0884. The van der Waals surface area contributed by atoms with Gasteiger partial charge in [-0.25, -0.2) is 4.98 Å². The molecule has 0 atom stereocenters. The third-order valence-corrected chi connectivity index (χ3v) is 3.49. The molecular weight excluding hydrogens is 246 g/mol. The van der Waals surface area contributed by atoms with E-state index in [1.807, 2.05) is 31.2 Å². The summed E-state index contributed by atoms with van der Waals surface area (Å²) < 4.78 is 1.16. The molecule has 0 aliphatic heterocycles. The van der Waals surface area contributed by atoms with Crippen LogP contribution < -0.4 is 10.6 Å². The van der Waals surface area contributed by atoms with Crippen LogP contribution in [0.3, 0.4) is 0 Å². The average Bonchev–Trinajstić information content (AvgIpc) is 2.79. The van der Waals surface area contributed by atoms with E-state index in [-0.39, 0.29) is 5.91 Å². The summed E-state index contributed by atoms with van der Waals surface area (Å²) in [7, 11) is 0. The number of nitrogens with one attached hydrogen (secondary N) is 2. The number of anilines is 1. The summed E-state index contributed by atoms with van der Waals surface area (Å²) >= 11 is 1.61. The number of fused-ring (bicyclic) bond motifs is 1. The summed E-state index contributed by atoms with van der Waals surface area (Å²) in [5.41, 5.74) is 1.00. The molecule has 2 aromatic rings. The van der Waals surface area contributed by atoms with Crippen molar-refractivity contribution in [3.8, 4) is 0 Å². The first-order valence-corrected chi connectivity index (χ1v) is 6.97. The molecule has 1 heterocycles. The second kappa shape index (κ2) is 6.35. The first-order chi connectivity index (χ1) is 8.79. The molecule has 4 nitrogen and oxygen atoms in total. The monoisotopic (exact) mass is 263 g/mol. The van der Waals surface area contributed by atoms with E-state index in [0.717, 1.165) is 28.3 Å². The fourth-order valence-electron chi connectivity index (χ4n) is 1.58. The highest BCUT2D eigenvalue weighted by Crippen LogP contribution is 2.25. The molecule has 96 valence electrons. The Labute approximate surface area is 110 Å². The van der Waals surface area contributed by atoms with Crippen molar-refractivity contribution in [3.63, 3.8) is 0 Å². The van der Waals surface area contributed by atoms with Crippen molar-refractivity contribution in [1.82, 2.24) is 10.3 Å². The van der Waals surface area contributed by atoms with Crippen molar-refractivity contribution in [3.05, 3.63) is 24.3 Å². The highest BCUT2D eigenvalue weighted by Gasteiger charge is 2.03. The lowest BCUT2D eigenvalue weighted by Crippen LogP contribution is -2.25. The van der Waals surface area contributed by atoms with Gasteiger partial charge in [0.15, 0.2) is 5.13 Å². The second-order valence-electron chi connectivity index (χ2n) is 4.01. The molecule has 0 aliphatic carbocycles. The zero-order chi connectivity index (χ0) is 12.8. The van der Waals surface area contributed by atoms with Crippen molar-refractivity contribution in [1.29, 1.82) is 0 Å². The normalized spacial score (nSPS) is 10.5. The van der Waals surface area contributed by atoms with Gasteiger partial charge in [-0.05, 0) is 18.6 Å². The van der Waals surface area contributed by atoms with Crippen molar-refractivity contribution in [2.75, 3.05) is 18.4 Å². The molecule has 0 spiro atoms. The van der Waals surface area contributed by atoms with Crippen molar-refractivity contribution in [2.45, 2.75) is 19.8 Å². The zero-order valence-electron chi connectivity index (χ0n) is 10.4. The van der Waals surface area contributed by atoms with Gasteiger partial charge in [0.2, 0.25) is 5.91 Å². The van der Waals surface area contributed by atoms with Crippen LogP contribution in [0.1, 0.15) is 19.8 Å². The van der Waals surface area contributed by atoms with Crippen LogP contribution in [-0.2, 0) is 4.79 Å². The smallest absolute Gasteiger partial charge is 0.221 e. The lowest BCUT2D eigenvalue weighted by molar-refractivity contribution is -0.120. The van der Waals surface area contributed by atoms with E-state index >= 15 is 0 Å². The Bertz CT molecular complexity index is 491. The maximum atomic E-state index is 11.4. The second-order valence-corrected chi connectivity index (χ2v) is 5.04. The van der Waals surface area contributed by atoms with Crippen molar-refractivity contribution >= 4 is 32.6 Å². The summed E-state index contributed by atoms with van der Waals surface area (Å²) in [6.45, 7) is 3.41. The van der Waals surface area contributed by atoms with Crippen LogP contribution in [-0.4, -0.2) is 24.0 Å². The van der Waals surface area contributed by atoms with Crippen LogP contribution in [0.2, 0.25) is 0 Å². The minimum atomic E-state index is 0.0884. The molecule has 1 amide bonds. The number of carbonyl (C=O) groups excluding carboxylic acids is 1. The molecule has 2 N–H and O–H groups in total. The molecule has 0 radical (unpaired) electrons. The molecule has 2 rings (SSSR count). The third-order valence-electron chi connectivity index (χ3n) is 2.49. The molecule has 0 saturated heterocycles. The Balaban J connectivity index is 1.81. The third kappa shape index (κ3) is 3.43. The highest BCUT2D eigenvalue weighted by atomic mass is 32.1. The van der Waals surface area contributed by atoms with Crippen LogP contribution in [0.15, 0.2) is 24.3 Å². The number of carbonyl (C=O) groups is 1. The Morgan fingerprint density at radius 1 is 1.33 bits per heavy atom. The van der Waals surface area contributed by atoms with Gasteiger partial charge in [-0.15, -0.1) is 0 Å². The predicted octanol–water partition coefficient (Wildman–Crippen LogP) is 2.62. The van der Waals surface area contributed by atoms with Crippen LogP contribution in [0, 0.1) is 0 Å². The first kappa shape index (κ1) is 12.8. The Hall–Kier alpha value is -1.62. The van der Waals surface area contributed by atoms with E-state index in [1.165, 1.54) is 0 Å². The molecule has 0 unspecified atom stereocenters. The van der Waals surface area contributed by atoms with Gasteiger partial charge in [-0.1, -0.05) is 30.4 Å². The average molecular weight is 263 g/mol. The molecule has 0 bridgehead atoms. The summed E-state index contributed by atoms with van der Waals surface area (Å²) in [4.78, 5) is 15.8. The summed E-state index contributed by atoms with van der Waals surface area (Å²) in [5, 5.41) is 6.91. The Morgan fingerprint density at radius 2 is 2.17 bits per heavy atom. The molecule has 5 heteroatoms. The van der Waals surface area contributed by atoms with Gasteiger partial charge in [0, 0.05) is 19.5 Å². The summed E-state index contributed by atoms with van der Waals surface area (Å²) in [5.74, 6) is 0.0884. The van der Waals surface area contributed by atoms with Crippen LogP contribution in [0.4, 0.5) is 5.13 Å². The summed E-state index contributed by atoms with van der Waals surface area (Å²) in [6, 6.07) is 8.02. The molecular formula is C13H17N3OS. The van der Waals surface area contributed by atoms with Gasteiger partial charge in [0.05, 0.1) is 10.2 Å². The lowest BCUT2D eigenvalue weighted by atomic mass is 10.3. The number of amides is 1. The largest absolute Gasteiger partial charge is 0.361 e. The van der Waals surface area contributed by atoms with Crippen LogP contribution >= 0.6 is 11.3 Å². The number of hydrogen-bond acceptors (Lipinski definition) is 4. The van der Waals surface area contributed by atoms with Crippen LogP contribution in [0.25, 0.3) is 10.2 Å². The van der Waals surface area contributed by atoms with Gasteiger partial charge < -0.3 is 10.6 Å². The lowest BCUT2D eigenvalue weighted by Gasteiger charge is -2.03. The standard InChI is InChI=1S/C13H17N3OS/c1-2-8-14-12(17)7-9-15-13-16-10-5-3-4-6-11(10)18-13/h3-6H,2,7-9H2,1H3,(H,14,17)(H,15,16). The molecule has 1 aromatic heterocycles. The van der Waals surface area contributed by atoms with E-state index in [1.54, 1.807) is 11.3 Å². The molecule has 18 heavy (non-hydrogen) atoms. The van der Waals surface area contributed by atoms with Gasteiger partial charge >= 0.3 is 0 Å². The van der Waals surface area contributed by atoms with E-state index in [4.69, 9.17) is 0 Å². The Morgan fingerprint density at radius 3 is 2.94 bits per heavy atom. The predicted molar refractivity (Wildman–Crippen MR) is 76.0 cm³/mol. The number of rotatable bonds is 6. The van der Waals surface area contributed by atoms with Crippen molar-refractivity contribution in [2.24, 2.45) is 0 Å². The quantitative estimate of drug-likeness (QED) is 0.842. The van der Waals surface area contributed by atoms with E-state index in [9.17, 15) is 4.79 Å². The molecule has 0 aliphatic rings. The highest BCUT2D eigenvalue weighted by molar-refractivity contribution is 7.22. The number of para-hydroxylation sites is 1. The fraction of sp³-hybridized carbons (Fsp3) is 0.385. The van der Waals surface area contributed by atoms with E-state index in [0.29, 0.717) is 13.0 Å². The van der Waals surface area contributed by atoms with Gasteiger partial charge in [0.1, 0.15) is 0 Å². The molecule has 0 saturated carbocycles. The minimum Gasteiger partial charge on any atom is -0.361 e. The number of thiazole rings is 1. The Kier molecular flexibility index (Phi) is 4.52. The number of nitrogens with zero attached hydrogens (tertiary/aromatic N) is 1. The topological polar surface area (TPSA) is 54.0 Å². The molecule has 1 aromatic carbocycles. The number of hydrogen-bond donors (Lipinski definition) is 2. The molecule has 0 fully saturated rings. The maximum Gasteiger partial charge on any atom is 0.221 e. The van der Waals surface area contributed by atoms with E-state index in [2.05, 4.69) is 15.6 Å². The first-order valence-electron chi connectivity index (χ1n) is 6.15. The van der Waals surface area contributed by atoms with Crippen molar-refractivity contribution < 1.29 is 4.79 Å². The number of aromatic nitrogens is 1. The SMILES string of the molecule is CCCNC(=O)CCNc1nc2ccccc2s1. The van der Waals surface area contributed by atoms with E-state index < -0.39 is 0 Å².